The second-order valence-corrected chi connectivity index (χ2v) is 7.72. The van der Waals surface area contributed by atoms with Crippen LogP contribution in [0.15, 0.2) is 30.4 Å². The predicted molar refractivity (Wildman–Crippen MR) is 98.6 cm³/mol. The summed E-state index contributed by atoms with van der Waals surface area (Å²) in [4.78, 5) is 24.6. The lowest BCUT2D eigenvalue weighted by Crippen LogP contribution is -2.50. The molecule has 1 amide bonds. The molecule has 2 saturated carbocycles. The summed E-state index contributed by atoms with van der Waals surface area (Å²) < 4.78 is 10.5. The number of aliphatic carboxylic acids is 1. The van der Waals surface area contributed by atoms with Crippen molar-refractivity contribution in [1.29, 1.82) is 0 Å². The molecular formula is C21H25NO5. The molecule has 0 heterocycles. The monoisotopic (exact) mass is 371 g/mol. The lowest BCUT2D eigenvalue weighted by Gasteiger charge is -2.41. The Labute approximate surface area is 158 Å². The van der Waals surface area contributed by atoms with Gasteiger partial charge in [0.1, 0.15) is 0 Å². The van der Waals surface area contributed by atoms with Crippen molar-refractivity contribution in [3.8, 4) is 11.5 Å². The van der Waals surface area contributed by atoms with Gasteiger partial charge in [-0.25, -0.2) is 0 Å². The van der Waals surface area contributed by atoms with Crippen LogP contribution in [0, 0.1) is 35.5 Å². The molecule has 2 N–H and O–H groups in total. The van der Waals surface area contributed by atoms with Crippen molar-refractivity contribution in [2.75, 3.05) is 20.8 Å². The molecule has 6 heteroatoms. The van der Waals surface area contributed by atoms with Gasteiger partial charge in [-0.15, -0.1) is 0 Å². The number of ether oxygens (including phenoxy) is 2. The first kappa shape index (κ1) is 17.9. The minimum atomic E-state index is -0.847. The van der Waals surface area contributed by atoms with Gasteiger partial charge in [0.2, 0.25) is 5.91 Å². The third-order valence-electron chi connectivity index (χ3n) is 6.40. The van der Waals surface area contributed by atoms with Crippen LogP contribution in [0.2, 0.25) is 0 Å². The molecule has 6 atom stereocenters. The van der Waals surface area contributed by atoms with Gasteiger partial charge >= 0.3 is 5.97 Å². The number of amides is 1. The summed E-state index contributed by atoms with van der Waals surface area (Å²) in [5.74, 6) is 0.347. The van der Waals surface area contributed by atoms with Crippen LogP contribution < -0.4 is 14.8 Å². The van der Waals surface area contributed by atoms with Gasteiger partial charge in [0.05, 0.1) is 26.1 Å². The topological polar surface area (TPSA) is 84.9 Å². The summed E-state index contributed by atoms with van der Waals surface area (Å²) in [7, 11) is 3.18. The Hall–Kier alpha value is -2.50. The number of hydrogen-bond acceptors (Lipinski definition) is 4. The van der Waals surface area contributed by atoms with E-state index < -0.39 is 17.8 Å². The van der Waals surface area contributed by atoms with Gasteiger partial charge in [0.15, 0.2) is 11.5 Å². The first-order valence-corrected chi connectivity index (χ1v) is 9.45. The predicted octanol–water partition coefficient (Wildman–Crippen LogP) is 2.13. The normalized spacial score (nSPS) is 32.5. The van der Waals surface area contributed by atoms with Crippen LogP contribution in [0.4, 0.5) is 0 Å². The number of allylic oxidation sites excluding steroid dienone is 2. The highest BCUT2D eigenvalue weighted by Gasteiger charge is 2.62. The van der Waals surface area contributed by atoms with E-state index in [0.717, 1.165) is 12.0 Å². The average Bonchev–Trinajstić information content (AvgIpc) is 3.49. The fraction of sp³-hybridized carbons (Fsp3) is 0.524. The third-order valence-corrected chi connectivity index (χ3v) is 6.40. The summed E-state index contributed by atoms with van der Waals surface area (Å²) >= 11 is 0. The second kappa shape index (κ2) is 6.91. The zero-order valence-corrected chi connectivity index (χ0v) is 15.6. The van der Waals surface area contributed by atoms with Crippen molar-refractivity contribution in [2.45, 2.75) is 12.8 Å². The Morgan fingerprint density at radius 3 is 2.37 bits per heavy atom. The molecule has 1 aromatic rings. The van der Waals surface area contributed by atoms with E-state index >= 15 is 0 Å². The molecule has 5 rings (SSSR count). The molecule has 0 unspecified atom stereocenters. The van der Waals surface area contributed by atoms with Gasteiger partial charge in [-0.3, -0.25) is 9.59 Å². The average molecular weight is 371 g/mol. The zero-order valence-electron chi connectivity index (χ0n) is 15.6. The minimum absolute atomic E-state index is 0.0131. The molecule has 1 aromatic carbocycles. The summed E-state index contributed by atoms with van der Waals surface area (Å²) in [6.45, 7) is 0.465. The molecule has 2 fully saturated rings. The van der Waals surface area contributed by atoms with E-state index in [1.807, 2.05) is 24.3 Å². The van der Waals surface area contributed by atoms with Crippen molar-refractivity contribution >= 4 is 11.9 Å². The van der Waals surface area contributed by atoms with Crippen LogP contribution in [-0.4, -0.2) is 37.7 Å². The number of hydrogen-bond donors (Lipinski definition) is 2. The van der Waals surface area contributed by atoms with E-state index in [4.69, 9.17) is 9.47 Å². The number of carbonyl (C=O) groups excluding carboxylic acids is 1. The molecule has 4 aliphatic rings. The molecule has 4 aliphatic carbocycles. The fourth-order valence-electron chi connectivity index (χ4n) is 5.05. The molecule has 0 spiro atoms. The molecule has 0 aliphatic heterocycles. The maximum atomic E-state index is 12.8. The van der Waals surface area contributed by atoms with Crippen LogP contribution in [0.25, 0.3) is 0 Å². The van der Waals surface area contributed by atoms with E-state index in [1.165, 1.54) is 0 Å². The number of nitrogens with one attached hydrogen (secondary N) is 1. The minimum Gasteiger partial charge on any atom is -0.493 e. The maximum Gasteiger partial charge on any atom is 0.307 e. The van der Waals surface area contributed by atoms with Crippen molar-refractivity contribution in [2.24, 2.45) is 35.5 Å². The van der Waals surface area contributed by atoms with E-state index in [0.29, 0.717) is 36.3 Å². The molecule has 27 heavy (non-hydrogen) atoms. The standard InChI is InChI=1S/C21H25NO5/c1-26-16-6-3-11(9-17(16)27-2)7-8-22-20(23)18-12-4-5-13(15-10-14(12)15)19(18)21(24)25/h3-6,9,12-15,18-19H,7-8,10H2,1-2H3,(H,22,23)(H,24,25)/t12-,13-,14+,15-,18+,19+/m0/s1. The van der Waals surface area contributed by atoms with Crippen LogP contribution in [0.5, 0.6) is 11.5 Å². The van der Waals surface area contributed by atoms with E-state index in [1.54, 1.807) is 14.2 Å². The summed E-state index contributed by atoms with van der Waals surface area (Å²) in [6, 6.07) is 5.67. The third kappa shape index (κ3) is 3.07. The highest BCUT2D eigenvalue weighted by Crippen LogP contribution is 2.63. The van der Waals surface area contributed by atoms with Gasteiger partial charge in [0.25, 0.3) is 0 Å². The van der Waals surface area contributed by atoms with Gasteiger partial charge < -0.3 is 19.9 Å². The highest BCUT2D eigenvalue weighted by molar-refractivity contribution is 5.86. The first-order valence-electron chi connectivity index (χ1n) is 9.45. The lowest BCUT2D eigenvalue weighted by molar-refractivity contribution is -0.153. The fourth-order valence-corrected chi connectivity index (χ4v) is 5.05. The van der Waals surface area contributed by atoms with Gasteiger partial charge in [-0.2, -0.15) is 0 Å². The van der Waals surface area contributed by atoms with E-state index in [-0.39, 0.29) is 17.7 Å². The molecule has 0 aromatic heterocycles. The Morgan fingerprint density at radius 1 is 1.07 bits per heavy atom. The Morgan fingerprint density at radius 2 is 1.74 bits per heavy atom. The number of rotatable bonds is 7. The molecule has 0 saturated heterocycles. The van der Waals surface area contributed by atoms with Gasteiger partial charge in [0, 0.05) is 6.54 Å². The largest absolute Gasteiger partial charge is 0.493 e. The molecular weight excluding hydrogens is 346 g/mol. The van der Waals surface area contributed by atoms with E-state index in [2.05, 4.69) is 11.4 Å². The van der Waals surface area contributed by atoms with Crippen LogP contribution >= 0.6 is 0 Å². The Balaban J connectivity index is 1.39. The van der Waals surface area contributed by atoms with Crippen molar-refractivity contribution in [3.05, 3.63) is 35.9 Å². The Bertz CT molecular complexity index is 789. The maximum absolute atomic E-state index is 12.8. The van der Waals surface area contributed by atoms with Crippen LogP contribution in [0.1, 0.15) is 12.0 Å². The summed E-state index contributed by atoms with van der Waals surface area (Å²) in [5.41, 5.74) is 1.02. The SMILES string of the molecule is COc1ccc(CCNC(=O)[C@@H]2[C@H]3C=C[C@@H]([C@@H]4C[C@H]34)[C@H]2C(=O)O)cc1OC. The molecule has 0 radical (unpaired) electrons. The first-order chi connectivity index (χ1) is 13.0. The zero-order chi connectivity index (χ0) is 19.1. The molecule has 6 nitrogen and oxygen atoms in total. The van der Waals surface area contributed by atoms with Crippen molar-refractivity contribution in [3.63, 3.8) is 0 Å². The summed E-state index contributed by atoms with van der Waals surface area (Å²) in [6.07, 6.45) is 5.82. The van der Waals surface area contributed by atoms with Crippen molar-refractivity contribution in [1.82, 2.24) is 5.32 Å². The summed E-state index contributed by atoms with van der Waals surface area (Å²) in [5, 5.41) is 12.7. The van der Waals surface area contributed by atoms with E-state index in [9.17, 15) is 14.7 Å². The lowest BCUT2D eigenvalue weighted by atomic mass is 9.62. The molecule has 144 valence electrons. The number of carbonyl (C=O) groups is 2. The van der Waals surface area contributed by atoms with Crippen molar-refractivity contribution < 1.29 is 24.2 Å². The van der Waals surface area contributed by atoms with Gasteiger partial charge in [-0.05, 0) is 54.2 Å². The number of benzene rings is 1. The number of fused-ring (bicyclic) bond motifs is 1. The van der Waals surface area contributed by atoms with Gasteiger partial charge in [-0.1, -0.05) is 18.2 Å². The Kier molecular flexibility index (Phi) is 4.58. The smallest absolute Gasteiger partial charge is 0.307 e. The highest BCUT2D eigenvalue weighted by atomic mass is 16.5. The van der Waals surface area contributed by atoms with Crippen LogP contribution in [-0.2, 0) is 16.0 Å². The number of carboxylic acids is 1. The molecule has 2 bridgehead atoms. The second-order valence-electron chi connectivity index (χ2n) is 7.72. The number of methoxy groups -OCH3 is 2. The number of carboxylic acid groups (broad SMARTS) is 1. The van der Waals surface area contributed by atoms with Crippen LogP contribution in [0.3, 0.4) is 0 Å². The quantitative estimate of drug-likeness (QED) is 0.718.